The number of carbonyl (C=O) groups excluding carboxylic acids is 1. The molecule has 0 saturated heterocycles. The van der Waals surface area contributed by atoms with E-state index >= 15 is 0 Å². The van der Waals surface area contributed by atoms with Crippen LogP contribution in [0.15, 0.2) is 30.3 Å². The van der Waals surface area contributed by atoms with Crippen molar-refractivity contribution in [1.82, 2.24) is 25.6 Å². The number of urea groups is 1. The lowest BCUT2D eigenvalue weighted by molar-refractivity contribution is 0.233. The Labute approximate surface area is 148 Å². The average molecular weight is 339 g/mol. The van der Waals surface area contributed by atoms with Gasteiger partial charge in [-0.25, -0.2) is 4.79 Å². The highest BCUT2D eigenvalue weighted by molar-refractivity contribution is 5.74. The summed E-state index contributed by atoms with van der Waals surface area (Å²) >= 11 is 0. The molecule has 1 saturated carbocycles. The van der Waals surface area contributed by atoms with Crippen LogP contribution in [0.1, 0.15) is 42.6 Å². The molecule has 2 N–H and O–H groups in total. The summed E-state index contributed by atoms with van der Waals surface area (Å²) in [5, 5.41) is 14.4. The molecular formula is C19H25N5O. The zero-order valence-corrected chi connectivity index (χ0v) is 14.8. The van der Waals surface area contributed by atoms with Crippen molar-refractivity contribution in [3.63, 3.8) is 0 Å². The minimum atomic E-state index is -0.0720. The lowest BCUT2D eigenvalue weighted by Gasteiger charge is -2.23. The molecule has 0 radical (unpaired) electrons. The van der Waals surface area contributed by atoms with Gasteiger partial charge in [0, 0.05) is 26.1 Å². The molecule has 25 heavy (non-hydrogen) atoms. The maximum Gasteiger partial charge on any atom is 0.315 e. The number of benzene rings is 1. The fourth-order valence-corrected chi connectivity index (χ4v) is 3.98. The van der Waals surface area contributed by atoms with Gasteiger partial charge in [-0.05, 0) is 36.2 Å². The summed E-state index contributed by atoms with van der Waals surface area (Å²) in [4.78, 5) is 12.3. The fourth-order valence-electron chi connectivity index (χ4n) is 3.98. The number of carbonyl (C=O) groups is 1. The fraction of sp³-hybridized carbons (Fsp3) is 0.526. The van der Waals surface area contributed by atoms with Crippen molar-refractivity contribution in [2.24, 2.45) is 12.5 Å². The van der Waals surface area contributed by atoms with Gasteiger partial charge in [0.15, 0.2) is 0 Å². The number of fused-ring (bicyclic) bond motifs is 1. The highest BCUT2D eigenvalue weighted by atomic mass is 16.2. The zero-order chi connectivity index (χ0) is 17.4. The molecular weight excluding hydrogens is 314 g/mol. The molecule has 1 aromatic heterocycles. The van der Waals surface area contributed by atoms with E-state index in [1.165, 1.54) is 11.3 Å². The van der Waals surface area contributed by atoms with Gasteiger partial charge in [0.2, 0.25) is 0 Å². The maximum absolute atomic E-state index is 12.3. The molecule has 3 atom stereocenters. The summed E-state index contributed by atoms with van der Waals surface area (Å²) in [6.45, 7) is 2.96. The number of nitrogens with one attached hydrogen (secondary N) is 2. The van der Waals surface area contributed by atoms with E-state index in [0.717, 1.165) is 31.4 Å². The molecule has 4 rings (SSSR count). The Kier molecular flexibility index (Phi) is 3.98. The van der Waals surface area contributed by atoms with Crippen LogP contribution >= 0.6 is 0 Å². The smallest absolute Gasteiger partial charge is 0.315 e. The molecule has 1 unspecified atom stereocenters. The van der Waals surface area contributed by atoms with Gasteiger partial charge in [0.1, 0.15) is 0 Å². The van der Waals surface area contributed by atoms with Crippen molar-refractivity contribution < 1.29 is 4.79 Å². The van der Waals surface area contributed by atoms with Gasteiger partial charge < -0.3 is 10.6 Å². The number of aryl methyl sites for hydroxylation is 1. The summed E-state index contributed by atoms with van der Waals surface area (Å²) < 4.78 is 1.84. The minimum absolute atomic E-state index is 0.0720. The van der Waals surface area contributed by atoms with Crippen LogP contribution < -0.4 is 10.6 Å². The third kappa shape index (κ3) is 3.25. The third-order valence-electron chi connectivity index (χ3n) is 5.73. The lowest BCUT2D eigenvalue weighted by atomic mass is 9.96. The second-order valence-corrected chi connectivity index (χ2v) is 7.69. The molecule has 1 fully saturated rings. The first kappa shape index (κ1) is 16.1. The van der Waals surface area contributed by atoms with Crippen LogP contribution in [-0.4, -0.2) is 33.6 Å². The Morgan fingerprint density at radius 2 is 2.16 bits per heavy atom. The summed E-state index contributed by atoms with van der Waals surface area (Å²) in [5.74, 6) is 0.547. The number of rotatable bonds is 4. The monoisotopic (exact) mass is 339 g/mol. The van der Waals surface area contributed by atoms with Crippen LogP contribution in [0.3, 0.4) is 0 Å². The van der Waals surface area contributed by atoms with Crippen LogP contribution in [-0.2, 0) is 19.9 Å². The van der Waals surface area contributed by atoms with E-state index in [0.29, 0.717) is 12.5 Å². The Morgan fingerprint density at radius 3 is 2.96 bits per heavy atom. The maximum atomic E-state index is 12.3. The van der Waals surface area contributed by atoms with E-state index in [2.05, 4.69) is 52.1 Å². The summed E-state index contributed by atoms with van der Waals surface area (Å²) in [7, 11) is 1.92. The van der Waals surface area contributed by atoms with Gasteiger partial charge >= 0.3 is 6.03 Å². The first-order valence-corrected chi connectivity index (χ1v) is 9.02. The largest absolute Gasteiger partial charge is 0.338 e. The Balaban J connectivity index is 1.26. The van der Waals surface area contributed by atoms with Gasteiger partial charge in [-0.2, -0.15) is 0 Å². The van der Waals surface area contributed by atoms with Crippen molar-refractivity contribution in [3.8, 4) is 0 Å². The van der Waals surface area contributed by atoms with E-state index in [9.17, 15) is 4.79 Å². The number of amides is 2. The molecule has 6 heteroatoms. The quantitative estimate of drug-likeness (QED) is 0.897. The topological polar surface area (TPSA) is 71.8 Å². The van der Waals surface area contributed by atoms with E-state index < -0.39 is 0 Å². The van der Waals surface area contributed by atoms with E-state index in [4.69, 9.17) is 0 Å². The predicted molar refractivity (Wildman–Crippen MR) is 95.3 cm³/mol. The molecule has 6 nitrogen and oxygen atoms in total. The normalized spacial score (nSPS) is 27.4. The lowest BCUT2D eigenvalue weighted by Crippen LogP contribution is -2.46. The van der Waals surface area contributed by atoms with Gasteiger partial charge in [-0.1, -0.05) is 42.5 Å². The first-order valence-electron chi connectivity index (χ1n) is 9.02. The van der Waals surface area contributed by atoms with Gasteiger partial charge in [-0.3, -0.25) is 4.68 Å². The Hall–Kier alpha value is -2.37. The Bertz CT molecular complexity index is 771. The highest BCUT2D eigenvalue weighted by Gasteiger charge is 2.50. The molecule has 0 bridgehead atoms. The molecule has 132 valence electrons. The molecule has 2 aromatic rings. The van der Waals surface area contributed by atoms with Crippen LogP contribution in [0, 0.1) is 5.41 Å². The third-order valence-corrected chi connectivity index (χ3v) is 5.73. The zero-order valence-electron chi connectivity index (χ0n) is 14.8. The van der Waals surface area contributed by atoms with E-state index in [1.807, 2.05) is 17.8 Å². The van der Waals surface area contributed by atoms with Crippen LogP contribution in [0.25, 0.3) is 0 Å². The summed E-state index contributed by atoms with van der Waals surface area (Å²) in [5.41, 5.74) is 3.74. The van der Waals surface area contributed by atoms with E-state index in [1.54, 1.807) is 0 Å². The van der Waals surface area contributed by atoms with E-state index in [-0.39, 0.29) is 17.5 Å². The van der Waals surface area contributed by atoms with Crippen LogP contribution in [0.4, 0.5) is 4.79 Å². The first-order chi connectivity index (χ1) is 12.0. The van der Waals surface area contributed by atoms with Crippen LogP contribution in [0.5, 0.6) is 0 Å². The Morgan fingerprint density at radius 1 is 1.36 bits per heavy atom. The summed E-state index contributed by atoms with van der Waals surface area (Å²) in [6, 6.07) is 10.6. The SMILES string of the molecule is Cn1nnc2c1CCC(NC(=O)NC[C@]1(C)C[C@H]1c1ccccc1)C2. The van der Waals surface area contributed by atoms with Crippen LogP contribution in [0.2, 0.25) is 0 Å². The van der Waals surface area contributed by atoms with Crippen molar-refractivity contribution in [2.75, 3.05) is 6.54 Å². The number of aromatic nitrogens is 3. The van der Waals surface area contributed by atoms with Gasteiger partial charge in [0.05, 0.1) is 11.4 Å². The van der Waals surface area contributed by atoms with Gasteiger partial charge in [-0.15, -0.1) is 5.10 Å². The number of hydrogen-bond acceptors (Lipinski definition) is 3. The molecule has 2 aliphatic rings. The van der Waals surface area contributed by atoms with Crippen molar-refractivity contribution >= 4 is 6.03 Å². The molecule has 1 heterocycles. The second kappa shape index (κ2) is 6.17. The highest BCUT2D eigenvalue weighted by Crippen LogP contribution is 2.58. The predicted octanol–water partition coefficient (Wildman–Crippen LogP) is 2.17. The van der Waals surface area contributed by atoms with Crippen molar-refractivity contribution in [3.05, 3.63) is 47.3 Å². The summed E-state index contributed by atoms with van der Waals surface area (Å²) in [6.07, 6.45) is 3.74. The minimum Gasteiger partial charge on any atom is -0.338 e. The van der Waals surface area contributed by atoms with Crippen molar-refractivity contribution in [2.45, 2.75) is 44.6 Å². The number of hydrogen-bond donors (Lipinski definition) is 2. The molecule has 2 amide bonds. The molecule has 0 aliphatic heterocycles. The standard InChI is InChI=1S/C19H25N5O/c1-19(11-15(19)13-6-4-3-5-7-13)12-20-18(25)21-14-8-9-17-16(10-14)22-23-24(17)2/h3-7,14-15H,8-12H2,1-2H3,(H2,20,21,25)/t14?,15-,19-/m0/s1. The molecule has 1 aromatic carbocycles. The molecule has 2 aliphatic carbocycles. The number of nitrogens with zero attached hydrogens (tertiary/aromatic N) is 3. The van der Waals surface area contributed by atoms with Gasteiger partial charge in [0.25, 0.3) is 0 Å². The average Bonchev–Trinajstić information content (AvgIpc) is 3.17. The van der Waals surface area contributed by atoms with Crippen molar-refractivity contribution in [1.29, 1.82) is 0 Å². The second-order valence-electron chi connectivity index (χ2n) is 7.69. The molecule has 0 spiro atoms.